The topological polar surface area (TPSA) is 24.1 Å². The summed E-state index contributed by atoms with van der Waals surface area (Å²) in [6.45, 7) is 14.2. The molecule has 0 spiro atoms. The molecule has 2 fully saturated rings. The average molecular weight is 266 g/mol. The van der Waals surface area contributed by atoms with Gasteiger partial charge in [-0.1, -0.05) is 13.8 Å². The molecule has 1 saturated carbocycles. The molecule has 1 heterocycles. The van der Waals surface area contributed by atoms with Gasteiger partial charge in [0.15, 0.2) is 0 Å². The van der Waals surface area contributed by atoms with Crippen molar-refractivity contribution < 1.29 is 0 Å². The van der Waals surface area contributed by atoms with E-state index in [0.717, 1.165) is 17.9 Å². The fourth-order valence-corrected chi connectivity index (χ4v) is 4.47. The van der Waals surface area contributed by atoms with E-state index in [0.29, 0.717) is 6.04 Å². The van der Waals surface area contributed by atoms with E-state index < -0.39 is 0 Å². The van der Waals surface area contributed by atoms with Crippen molar-refractivity contribution in [2.75, 3.05) is 0 Å². The SMILES string of the molecule is CC1CCC(NC2CC(C)(C)NC(C)(C)C2)CC1C. The highest BCUT2D eigenvalue weighted by Gasteiger charge is 2.38. The second-order valence-electron chi connectivity index (χ2n) is 8.63. The summed E-state index contributed by atoms with van der Waals surface area (Å²) in [5, 5.41) is 7.76. The smallest absolute Gasteiger partial charge is 0.0144 e. The van der Waals surface area contributed by atoms with Crippen LogP contribution in [-0.4, -0.2) is 23.2 Å². The number of nitrogens with one attached hydrogen (secondary N) is 2. The van der Waals surface area contributed by atoms with E-state index in [-0.39, 0.29) is 11.1 Å². The lowest BCUT2D eigenvalue weighted by Gasteiger charge is -2.48. The lowest BCUT2D eigenvalue weighted by molar-refractivity contribution is 0.125. The van der Waals surface area contributed by atoms with Gasteiger partial charge in [-0.15, -0.1) is 0 Å². The molecule has 0 aromatic heterocycles. The summed E-state index contributed by atoms with van der Waals surface area (Å²) in [5.74, 6) is 1.80. The third-order valence-electron chi connectivity index (χ3n) is 5.26. The van der Waals surface area contributed by atoms with Crippen molar-refractivity contribution in [2.45, 2.75) is 96.8 Å². The van der Waals surface area contributed by atoms with Gasteiger partial charge in [0.05, 0.1) is 0 Å². The van der Waals surface area contributed by atoms with E-state index in [1.54, 1.807) is 0 Å². The highest BCUT2D eigenvalue weighted by atomic mass is 15.1. The first-order valence-corrected chi connectivity index (χ1v) is 8.22. The number of hydrogen-bond acceptors (Lipinski definition) is 2. The summed E-state index contributed by atoms with van der Waals surface area (Å²) in [6, 6.07) is 1.43. The second-order valence-corrected chi connectivity index (χ2v) is 8.63. The van der Waals surface area contributed by atoms with E-state index in [1.807, 2.05) is 0 Å². The first-order valence-electron chi connectivity index (χ1n) is 8.22. The van der Waals surface area contributed by atoms with Gasteiger partial charge in [0, 0.05) is 23.2 Å². The standard InChI is InChI=1S/C17H34N2/c1-12-7-8-14(9-13(12)2)18-15-10-16(3,4)19-17(5,6)11-15/h12-15,18-19H,7-11H2,1-6H3. The zero-order valence-corrected chi connectivity index (χ0v) is 13.8. The van der Waals surface area contributed by atoms with Crippen LogP contribution in [0.1, 0.15) is 73.6 Å². The van der Waals surface area contributed by atoms with Crippen LogP contribution in [0.15, 0.2) is 0 Å². The van der Waals surface area contributed by atoms with Gasteiger partial charge in [-0.05, 0) is 71.6 Å². The van der Waals surface area contributed by atoms with Crippen LogP contribution in [-0.2, 0) is 0 Å². The minimum Gasteiger partial charge on any atom is -0.311 e. The molecule has 0 bridgehead atoms. The summed E-state index contributed by atoms with van der Waals surface area (Å²) in [7, 11) is 0. The zero-order valence-electron chi connectivity index (χ0n) is 13.8. The van der Waals surface area contributed by atoms with Gasteiger partial charge in [0.2, 0.25) is 0 Å². The van der Waals surface area contributed by atoms with Crippen LogP contribution >= 0.6 is 0 Å². The van der Waals surface area contributed by atoms with Gasteiger partial charge in [-0.3, -0.25) is 0 Å². The molecule has 2 heteroatoms. The lowest BCUT2D eigenvalue weighted by atomic mass is 9.76. The molecule has 0 radical (unpaired) electrons. The maximum atomic E-state index is 3.98. The third kappa shape index (κ3) is 4.19. The molecule has 2 rings (SSSR count). The Morgan fingerprint density at radius 3 is 1.95 bits per heavy atom. The molecule has 19 heavy (non-hydrogen) atoms. The summed E-state index contributed by atoms with van der Waals surface area (Å²) < 4.78 is 0. The Morgan fingerprint density at radius 1 is 0.842 bits per heavy atom. The van der Waals surface area contributed by atoms with E-state index >= 15 is 0 Å². The van der Waals surface area contributed by atoms with Crippen LogP contribution in [0.25, 0.3) is 0 Å². The third-order valence-corrected chi connectivity index (χ3v) is 5.26. The summed E-state index contributed by atoms with van der Waals surface area (Å²) in [6.07, 6.45) is 6.63. The quantitative estimate of drug-likeness (QED) is 0.796. The Balaban J connectivity index is 1.92. The molecule has 1 aliphatic heterocycles. The Labute approximate surface area is 120 Å². The fourth-order valence-electron chi connectivity index (χ4n) is 4.47. The van der Waals surface area contributed by atoms with Crippen molar-refractivity contribution in [3.63, 3.8) is 0 Å². The average Bonchev–Trinajstić information content (AvgIpc) is 2.18. The maximum absolute atomic E-state index is 3.98. The van der Waals surface area contributed by atoms with Crippen LogP contribution in [0.3, 0.4) is 0 Å². The molecule has 0 amide bonds. The first kappa shape index (κ1) is 15.3. The van der Waals surface area contributed by atoms with Crippen molar-refractivity contribution in [3.8, 4) is 0 Å². The fraction of sp³-hybridized carbons (Fsp3) is 1.00. The number of piperidine rings is 1. The van der Waals surface area contributed by atoms with Gasteiger partial charge in [-0.25, -0.2) is 0 Å². The Morgan fingerprint density at radius 2 is 1.42 bits per heavy atom. The van der Waals surface area contributed by atoms with Gasteiger partial charge in [0.25, 0.3) is 0 Å². The monoisotopic (exact) mass is 266 g/mol. The molecule has 0 aromatic rings. The van der Waals surface area contributed by atoms with E-state index in [9.17, 15) is 0 Å². The summed E-state index contributed by atoms with van der Waals surface area (Å²) in [4.78, 5) is 0. The van der Waals surface area contributed by atoms with Crippen molar-refractivity contribution in [1.29, 1.82) is 0 Å². The lowest BCUT2D eigenvalue weighted by Crippen LogP contribution is -2.62. The van der Waals surface area contributed by atoms with E-state index in [4.69, 9.17) is 0 Å². The molecular formula is C17H34N2. The predicted octanol–water partition coefficient (Wildman–Crippen LogP) is 3.71. The van der Waals surface area contributed by atoms with E-state index in [2.05, 4.69) is 52.2 Å². The zero-order chi connectivity index (χ0) is 14.3. The van der Waals surface area contributed by atoms with Crippen LogP contribution in [0.2, 0.25) is 0 Å². The highest BCUT2D eigenvalue weighted by Crippen LogP contribution is 2.32. The molecule has 2 aliphatic rings. The van der Waals surface area contributed by atoms with Crippen molar-refractivity contribution >= 4 is 0 Å². The summed E-state index contributed by atoms with van der Waals surface area (Å²) in [5.41, 5.74) is 0.514. The van der Waals surface area contributed by atoms with Crippen LogP contribution in [0.4, 0.5) is 0 Å². The predicted molar refractivity (Wildman–Crippen MR) is 83.4 cm³/mol. The van der Waals surface area contributed by atoms with Gasteiger partial charge in [0.1, 0.15) is 0 Å². The highest BCUT2D eigenvalue weighted by molar-refractivity contribution is 5.00. The van der Waals surface area contributed by atoms with E-state index in [1.165, 1.54) is 32.1 Å². The molecule has 3 unspecified atom stereocenters. The Kier molecular flexibility index (Phi) is 4.32. The molecule has 2 N–H and O–H groups in total. The Bertz CT molecular complexity index is 292. The van der Waals surface area contributed by atoms with Gasteiger partial charge >= 0.3 is 0 Å². The molecule has 112 valence electrons. The van der Waals surface area contributed by atoms with Crippen molar-refractivity contribution in [3.05, 3.63) is 0 Å². The normalized spacial score (nSPS) is 39.2. The molecule has 3 atom stereocenters. The van der Waals surface area contributed by atoms with Gasteiger partial charge in [-0.2, -0.15) is 0 Å². The molecular weight excluding hydrogens is 232 g/mol. The van der Waals surface area contributed by atoms with Crippen molar-refractivity contribution in [2.24, 2.45) is 11.8 Å². The maximum Gasteiger partial charge on any atom is 0.0144 e. The number of rotatable bonds is 2. The number of hydrogen-bond donors (Lipinski definition) is 2. The van der Waals surface area contributed by atoms with Gasteiger partial charge < -0.3 is 10.6 Å². The molecule has 0 aromatic carbocycles. The minimum absolute atomic E-state index is 0.257. The molecule has 1 aliphatic carbocycles. The largest absolute Gasteiger partial charge is 0.311 e. The second kappa shape index (κ2) is 5.37. The molecule has 1 saturated heterocycles. The van der Waals surface area contributed by atoms with Crippen LogP contribution in [0.5, 0.6) is 0 Å². The van der Waals surface area contributed by atoms with Crippen LogP contribution in [0, 0.1) is 11.8 Å². The van der Waals surface area contributed by atoms with Crippen molar-refractivity contribution in [1.82, 2.24) is 10.6 Å². The summed E-state index contributed by atoms with van der Waals surface area (Å²) >= 11 is 0. The minimum atomic E-state index is 0.257. The first-order chi connectivity index (χ1) is 8.67. The molecule has 2 nitrogen and oxygen atoms in total. The Hall–Kier alpha value is -0.0800. The van der Waals surface area contributed by atoms with Crippen LogP contribution < -0.4 is 10.6 Å².